The first kappa shape index (κ1) is 12.9. The maximum absolute atomic E-state index is 11.0. The number of aliphatic hydroxyl groups is 1. The topological polar surface area (TPSA) is 63.6 Å². The van der Waals surface area contributed by atoms with E-state index >= 15 is 0 Å². The van der Waals surface area contributed by atoms with Gasteiger partial charge in [0.25, 0.3) is 0 Å². The Morgan fingerprint density at radius 2 is 2.00 bits per heavy atom. The normalized spacial score (nSPS) is 16.9. The van der Waals surface area contributed by atoms with Crippen LogP contribution in [0.4, 0.5) is 0 Å². The molecule has 0 aliphatic heterocycles. The van der Waals surface area contributed by atoms with Gasteiger partial charge in [0.2, 0.25) is 0 Å². The Balaban J connectivity index is 3.90. The zero-order valence-corrected chi connectivity index (χ0v) is 9.17. The van der Waals surface area contributed by atoms with E-state index in [2.05, 4.69) is 0 Å². The Labute approximate surface area is 79.8 Å². The van der Waals surface area contributed by atoms with Gasteiger partial charge in [-0.15, -0.1) is 0 Å². The second-order valence-corrected chi connectivity index (χ2v) is 5.64. The molecule has 4 nitrogen and oxygen atoms in total. The first-order chi connectivity index (χ1) is 5.89. The van der Waals surface area contributed by atoms with E-state index in [0.29, 0.717) is 19.4 Å². The number of hydrogen-bond acceptors (Lipinski definition) is 4. The maximum atomic E-state index is 11.0. The first-order valence-electron chi connectivity index (χ1n) is 4.25. The fraction of sp³-hybridized carbons (Fsp3) is 1.00. The lowest BCUT2D eigenvalue weighted by Crippen LogP contribution is -2.30. The van der Waals surface area contributed by atoms with Crippen LogP contribution in [0.5, 0.6) is 0 Å². The molecular weight excluding hydrogens is 192 g/mol. The number of ether oxygens (including phenoxy) is 1. The van der Waals surface area contributed by atoms with E-state index in [9.17, 15) is 13.5 Å². The van der Waals surface area contributed by atoms with Crippen LogP contribution in [0.3, 0.4) is 0 Å². The molecule has 0 fully saturated rings. The lowest BCUT2D eigenvalue weighted by Gasteiger charge is -2.16. The summed E-state index contributed by atoms with van der Waals surface area (Å²) in [6.45, 7) is 2.07. The molecule has 0 rings (SSSR count). The molecule has 0 saturated heterocycles. The predicted octanol–water partition coefficient (Wildman–Crippen LogP) is 0.207. The average Bonchev–Trinajstić information content (AvgIpc) is 2.01. The van der Waals surface area contributed by atoms with Gasteiger partial charge in [-0.05, 0) is 19.8 Å². The van der Waals surface area contributed by atoms with Crippen molar-refractivity contribution in [2.45, 2.75) is 31.1 Å². The second-order valence-electron chi connectivity index (χ2n) is 3.24. The van der Waals surface area contributed by atoms with Crippen molar-refractivity contribution < 1.29 is 18.3 Å². The average molecular weight is 210 g/mol. The molecule has 0 aliphatic carbocycles. The van der Waals surface area contributed by atoms with Gasteiger partial charge in [0.05, 0.1) is 11.4 Å². The summed E-state index contributed by atoms with van der Waals surface area (Å²) in [4.78, 5) is 0. The third-order valence-corrected chi connectivity index (χ3v) is 3.73. The largest absolute Gasteiger partial charge is 0.392 e. The summed E-state index contributed by atoms with van der Waals surface area (Å²) in [5.74, 6) is 0. The minimum Gasteiger partial charge on any atom is -0.392 e. The second kappa shape index (κ2) is 5.57. The highest BCUT2D eigenvalue weighted by Gasteiger charge is 2.23. The number of rotatable bonds is 6. The highest BCUT2D eigenvalue weighted by atomic mass is 32.2. The fourth-order valence-corrected chi connectivity index (χ4v) is 1.66. The van der Waals surface area contributed by atoms with Crippen molar-refractivity contribution >= 4 is 9.84 Å². The number of sulfone groups is 1. The van der Waals surface area contributed by atoms with Gasteiger partial charge >= 0.3 is 0 Å². The Morgan fingerprint density at radius 3 is 2.38 bits per heavy atom. The molecule has 0 aromatic carbocycles. The van der Waals surface area contributed by atoms with Gasteiger partial charge in [-0.25, -0.2) is 8.42 Å². The highest BCUT2D eigenvalue weighted by molar-refractivity contribution is 7.91. The van der Waals surface area contributed by atoms with Gasteiger partial charge in [-0.3, -0.25) is 0 Å². The molecular formula is C8H18O4S. The van der Waals surface area contributed by atoms with Crippen molar-refractivity contribution in [1.82, 2.24) is 0 Å². The van der Waals surface area contributed by atoms with Gasteiger partial charge in [0.15, 0.2) is 9.84 Å². The Kier molecular flexibility index (Phi) is 5.51. The van der Waals surface area contributed by atoms with Crippen LogP contribution in [0.1, 0.15) is 19.8 Å². The monoisotopic (exact) mass is 210 g/mol. The van der Waals surface area contributed by atoms with Crippen molar-refractivity contribution in [2.75, 3.05) is 20.0 Å². The zero-order valence-electron chi connectivity index (χ0n) is 8.36. The molecule has 80 valence electrons. The standard InChI is InChI=1S/C8H18O4S/c1-7(13(3,10)11)8(9)5-4-6-12-2/h7-9H,4-6H2,1-3H3. The summed E-state index contributed by atoms with van der Waals surface area (Å²) in [5, 5.41) is 8.75. The van der Waals surface area contributed by atoms with Crippen molar-refractivity contribution in [3.8, 4) is 0 Å². The van der Waals surface area contributed by atoms with Gasteiger partial charge in [-0.1, -0.05) is 0 Å². The van der Waals surface area contributed by atoms with Crippen LogP contribution >= 0.6 is 0 Å². The van der Waals surface area contributed by atoms with Crippen molar-refractivity contribution in [3.63, 3.8) is 0 Å². The molecule has 1 N–H and O–H groups in total. The summed E-state index contributed by atoms with van der Waals surface area (Å²) in [6.07, 6.45) is 1.49. The molecule has 5 heteroatoms. The minimum absolute atomic E-state index is 0.460. The predicted molar refractivity (Wildman–Crippen MR) is 51.4 cm³/mol. The van der Waals surface area contributed by atoms with Crippen LogP contribution in [0, 0.1) is 0 Å². The molecule has 0 bridgehead atoms. The zero-order chi connectivity index (χ0) is 10.5. The summed E-state index contributed by atoms with van der Waals surface area (Å²) in [6, 6.07) is 0. The Morgan fingerprint density at radius 1 is 1.46 bits per heavy atom. The number of aliphatic hydroxyl groups excluding tert-OH is 1. The number of methoxy groups -OCH3 is 1. The lowest BCUT2D eigenvalue weighted by molar-refractivity contribution is 0.134. The molecule has 0 spiro atoms. The highest BCUT2D eigenvalue weighted by Crippen LogP contribution is 2.09. The van der Waals surface area contributed by atoms with E-state index in [0.717, 1.165) is 6.26 Å². The molecule has 0 aromatic rings. The van der Waals surface area contributed by atoms with Crippen molar-refractivity contribution in [1.29, 1.82) is 0 Å². The third kappa shape index (κ3) is 5.23. The molecule has 2 unspecified atom stereocenters. The summed E-state index contributed by atoms with van der Waals surface area (Å²) in [7, 11) is -1.55. The molecule has 0 saturated carbocycles. The summed E-state index contributed by atoms with van der Waals surface area (Å²) in [5.41, 5.74) is 0. The van der Waals surface area contributed by atoms with Gasteiger partial charge < -0.3 is 9.84 Å². The van der Waals surface area contributed by atoms with Crippen LogP contribution in [0.15, 0.2) is 0 Å². The van der Waals surface area contributed by atoms with E-state index in [-0.39, 0.29) is 0 Å². The first-order valence-corrected chi connectivity index (χ1v) is 6.21. The third-order valence-electron chi connectivity index (χ3n) is 2.07. The molecule has 0 aliphatic rings. The van der Waals surface area contributed by atoms with E-state index < -0.39 is 21.2 Å². The Hall–Kier alpha value is -0.130. The smallest absolute Gasteiger partial charge is 0.152 e. The Bertz CT molecular complexity index is 222. The molecule has 0 heterocycles. The molecule has 0 amide bonds. The van der Waals surface area contributed by atoms with Gasteiger partial charge in [0, 0.05) is 20.0 Å². The van der Waals surface area contributed by atoms with Crippen LogP contribution in [-0.2, 0) is 14.6 Å². The fourth-order valence-electron chi connectivity index (χ4n) is 0.957. The lowest BCUT2D eigenvalue weighted by atomic mass is 10.1. The van der Waals surface area contributed by atoms with Crippen LogP contribution in [0.25, 0.3) is 0 Å². The molecule has 0 radical (unpaired) electrons. The van der Waals surface area contributed by atoms with E-state index in [1.807, 2.05) is 0 Å². The van der Waals surface area contributed by atoms with Gasteiger partial charge in [-0.2, -0.15) is 0 Å². The van der Waals surface area contributed by atoms with E-state index in [1.165, 1.54) is 6.92 Å². The van der Waals surface area contributed by atoms with Gasteiger partial charge in [0.1, 0.15) is 0 Å². The number of hydrogen-bond donors (Lipinski definition) is 1. The van der Waals surface area contributed by atoms with E-state index in [4.69, 9.17) is 4.74 Å². The van der Waals surface area contributed by atoms with Crippen LogP contribution in [-0.4, -0.2) is 44.9 Å². The van der Waals surface area contributed by atoms with Crippen LogP contribution < -0.4 is 0 Å². The quantitative estimate of drug-likeness (QED) is 0.636. The molecule has 0 aromatic heterocycles. The maximum Gasteiger partial charge on any atom is 0.152 e. The summed E-state index contributed by atoms with van der Waals surface area (Å²) >= 11 is 0. The van der Waals surface area contributed by atoms with E-state index in [1.54, 1.807) is 7.11 Å². The minimum atomic E-state index is -3.13. The van der Waals surface area contributed by atoms with Crippen molar-refractivity contribution in [2.24, 2.45) is 0 Å². The van der Waals surface area contributed by atoms with Crippen LogP contribution in [0.2, 0.25) is 0 Å². The summed E-state index contributed by atoms with van der Waals surface area (Å²) < 4.78 is 26.8. The SMILES string of the molecule is COCCCC(O)C(C)S(C)(=O)=O. The molecule has 2 atom stereocenters. The molecule has 13 heavy (non-hydrogen) atoms. The van der Waals surface area contributed by atoms with Crippen molar-refractivity contribution in [3.05, 3.63) is 0 Å².